The summed E-state index contributed by atoms with van der Waals surface area (Å²) in [5, 5.41) is 7.95. The second kappa shape index (κ2) is 5.94. The fourth-order valence-electron chi connectivity index (χ4n) is 3.00. The van der Waals surface area contributed by atoms with Crippen molar-refractivity contribution in [1.29, 1.82) is 0 Å². The summed E-state index contributed by atoms with van der Waals surface area (Å²) in [6.07, 6.45) is 3.14. The molecule has 0 fully saturated rings. The topological polar surface area (TPSA) is 34.0 Å². The first-order valence-corrected chi connectivity index (χ1v) is 8.18. The maximum Gasteiger partial charge on any atom is 0.250 e. The van der Waals surface area contributed by atoms with Crippen LogP contribution in [0.4, 0.5) is 0 Å². The first-order chi connectivity index (χ1) is 9.78. The predicted molar refractivity (Wildman–Crippen MR) is 83.3 cm³/mol. The van der Waals surface area contributed by atoms with Crippen molar-refractivity contribution in [3.63, 3.8) is 0 Å². The number of rotatable bonds is 4. The van der Waals surface area contributed by atoms with E-state index in [1.807, 2.05) is 17.6 Å². The van der Waals surface area contributed by atoms with Crippen molar-refractivity contribution in [3.8, 4) is 0 Å². The molecule has 0 spiro atoms. The van der Waals surface area contributed by atoms with Crippen LogP contribution in [0.2, 0.25) is 0 Å². The number of hydrogen-bond acceptors (Lipinski definition) is 3. The fourth-order valence-corrected chi connectivity index (χ4v) is 3.67. The van der Waals surface area contributed by atoms with Crippen LogP contribution >= 0.6 is 11.3 Å². The second-order valence-corrected chi connectivity index (χ2v) is 6.12. The number of aromatic nitrogens is 1. The second-order valence-electron chi connectivity index (χ2n) is 5.34. The third-order valence-corrected chi connectivity index (χ3v) is 4.81. The van der Waals surface area contributed by atoms with Crippen molar-refractivity contribution in [2.45, 2.75) is 45.3 Å². The molecule has 20 heavy (non-hydrogen) atoms. The van der Waals surface area contributed by atoms with Gasteiger partial charge >= 0.3 is 0 Å². The molecule has 0 aromatic carbocycles. The molecular weight excluding hydrogens is 268 g/mol. The van der Waals surface area contributed by atoms with Crippen molar-refractivity contribution < 1.29 is 0 Å². The van der Waals surface area contributed by atoms with Crippen LogP contribution in [0, 0.1) is 0 Å². The van der Waals surface area contributed by atoms with Crippen molar-refractivity contribution in [2.24, 2.45) is 0 Å². The molecule has 0 saturated heterocycles. The van der Waals surface area contributed by atoms with Crippen molar-refractivity contribution >= 4 is 11.3 Å². The molecule has 2 heterocycles. The lowest BCUT2D eigenvalue weighted by molar-refractivity contribution is 0.442. The minimum absolute atomic E-state index is 0.135. The van der Waals surface area contributed by atoms with E-state index in [0.29, 0.717) is 6.04 Å². The lowest BCUT2D eigenvalue weighted by Gasteiger charge is -2.27. The molecule has 1 N–H and O–H groups in total. The van der Waals surface area contributed by atoms with Gasteiger partial charge in [0.2, 0.25) is 0 Å². The smallest absolute Gasteiger partial charge is 0.250 e. The quantitative estimate of drug-likeness (QED) is 0.938. The van der Waals surface area contributed by atoms with Gasteiger partial charge in [0.05, 0.1) is 0 Å². The van der Waals surface area contributed by atoms with Gasteiger partial charge in [0.25, 0.3) is 5.56 Å². The van der Waals surface area contributed by atoms with Crippen molar-refractivity contribution in [3.05, 3.63) is 56.1 Å². The van der Waals surface area contributed by atoms with Gasteiger partial charge in [-0.05, 0) is 54.1 Å². The Morgan fingerprint density at radius 3 is 3.05 bits per heavy atom. The molecule has 0 radical (unpaired) electrons. The maximum absolute atomic E-state index is 11.8. The van der Waals surface area contributed by atoms with Gasteiger partial charge in [-0.25, -0.2) is 0 Å². The van der Waals surface area contributed by atoms with Crippen LogP contribution in [-0.4, -0.2) is 10.6 Å². The Kier molecular flexibility index (Phi) is 4.03. The van der Waals surface area contributed by atoms with Crippen LogP contribution in [0.3, 0.4) is 0 Å². The van der Waals surface area contributed by atoms with Gasteiger partial charge in [-0.2, -0.15) is 11.3 Å². The monoisotopic (exact) mass is 288 g/mol. The zero-order valence-electron chi connectivity index (χ0n) is 11.8. The summed E-state index contributed by atoms with van der Waals surface area (Å²) < 4.78 is 1.92. The van der Waals surface area contributed by atoms with Gasteiger partial charge < -0.3 is 9.88 Å². The van der Waals surface area contributed by atoms with E-state index in [9.17, 15) is 4.79 Å². The van der Waals surface area contributed by atoms with Gasteiger partial charge in [0.15, 0.2) is 0 Å². The van der Waals surface area contributed by atoms with Crippen molar-refractivity contribution in [1.82, 2.24) is 9.88 Å². The molecule has 106 valence electrons. The zero-order chi connectivity index (χ0) is 13.9. The molecule has 3 nitrogen and oxygen atoms in total. The third kappa shape index (κ3) is 2.72. The van der Waals surface area contributed by atoms with E-state index in [4.69, 9.17) is 0 Å². The van der Waals surface area contributed by atoms with E-state index in [-0.39, 0.29) is 5.56 Å². The summed E-state index contributed by atoms with van der Waals surface area (Å²) in [5.74, 6) is 0. The Labute approximate surface area is 123 Å². The van der Waals surface area contributed by atoms with Crippen LogP contribution in [0.25, 0.3) is 0 Å². The standard InChI is InChI=1S/C16H20N2OS/c1-2-18-15-5-4-14(9-13(15)3-6-16(18)19)17-10-12-7-8-20-11-12/h3,6-8,11,14,17H,2,4-5,9-10H2,1H3. The van der Waals surface area contributed by atoms with E-state index >= 15 is 0 Å². The Bertz CT molecular complexity index is 630. The van der Waals surface area contributed by atoms with Gasteiger partial charge in [-0.3, -0.25) is 4.79 Å². The number of thiophene rings is 1. The summed E-state index contributed by atoms with van der Waals surface area (Å²) in [4.78, 5) is 11.8. The first-order valence-electron chi connectivity index (χ1n) is 7.24. The molecule has 0 aliphatic heterocycles. The van der Waals surface area contributed by atoms with E-state index in [1.54, 1.807) is 17.4 Å². The molecule has 1 aliphatic rings. The molecule has 4 heteroatoms. The Hall–Kier alpha value is -1.39. The number of hydrogen-bond donors (Lipinski definition) is 1. The number of fused-ring (bicyclic) bond motifs is 1. The SMILES string of the molecule is CCn1c2c(ccc1=O)CC(NCc1ccsc1)CC2. The Balaban J connectivity index is 1.71. The molecule has 3 rings (SSSR count). The highest BCUT2D eigenvalue weighted by Crippen LogP contribution is 2.20. The molecule has 2 aromatic heterocycles. The molecule has 1 unspecified atom stereocenters. The average molecular weight is 288 g/mol. The lowest BCUT2D eigenvalue weighted by Crippen LogP contribution is -2.36. The third-order valence-electron chi connectivity index (χ3n) is 4.08. The molecule has 0 bridgehead atoms. The van der Waals surface area contributed by atoms with E-state index in [1.165, 1.54) is 16.8 Å². The minimum Gasteiger partial charge on any atom is -0.313 e. The predicted octanol–water partition coefficient (Wildman–Crippen LogP) is 2.58. The minimum atomic E-state index is 0.135. The van der Waals surface area contributed by atoms with Crippen LogP contribution < -0.4 is 10.9 Å². The highest BCUT2D eigenvalue weighted by molar-refractivity contribution is 7.07. The van der Waals surface area contributed by atoms with Crippen LogP contribution in [0.15, 0.2) is 33.8 Å². The van der Waals surface area contributed by atoms with Crippen LogP contribution in [-0.2, 0) is 25.9 Å². The maximum atomic E-state index is 11.8. The number of pyridine rings is 1. The number of nitrogens with one attached hydrogen (secondary N) is 1. The van der Waals surface area contributed by atoms with E-state index in [2.05, 4.69) is 22.1 Å². The summed E-state index contributed by atoms with van der Waals surface area (Å²) in [5.41, 5.74) is 4.07. The molecule has 1 aliphatic carbocycles. The Morgan fingerprint density at radius 2 is 2.30 bits per heavy atom. The van der Waals surface area contributed by atoms with Gasteiger partial charge in [0.1, 0.15) is 0 Å². The molecule has 1 atom stereocenters. The van der Waals surface area contributed by atoms with Gasteiger partial charge in [-0.15, -0.1) is 0 Å². The van der Waals surface area contributed by atoms with Crippen molar-refractivity contribution in [2.75, 3.05) is 0 Å². The highest BCUT2D eigenvalue weighted by Gasteiger charge is 2.20. The Morgan fingerprint density at radius 1 is 1.40 bits per heavy atom. The average Bonchev–Trinajstić information content (AvgIpc) is 2.98. The van der Waals surface area contributed by atoms with Crippen LogP contribution in [0.5, 0.6) is 0 Å². The number of nitrogens with zero attached hydrogens (tertiary/aromatic N) is 1. The summed E-state index contributed by atoms with van der Waals surface area (Å²) in [6, 6.07) is 6.42. The highest BCUT2D eigenvalue weighted by atomic mass is 32.1. The molecular formula is C16H20N2OS. The largest absolute Gasteiger partial charge is 0.313 e. The van der Waals surface area contributed by atoms with Gasteiger partial charge in [0, 0.05) is 30.9 Å². The van der Waals surface area contributed by atoms with Crippen LogP contribution in [0.1, 0.15) is 30.2 Å². The fraction of sp³-hybridized carbons (Fsp3) is 0.438. The normalized spacial score (nSPS) is 17.9. The lowest BCUT2D eigenvalue weighted by atomic mass is 9.91. The van der Waals surface area contributed by atoms with Gasteiger partial charge in [-0.1, -0.05) is 6.07 Å². The summed E-state index contributed by atoms with van der Waals surface area (Å²) >= 11 is 1.74. The first kappa shape index (κ1) is 13.6. The molecule has 2 aromatic rings. The van der Waals surface area contributed by atoms with E-state index in [0.717, 1.165) is 32.4 Å². The summed E-state index contributed by atoms with van der Waals surface area (Å²) in [7, 11) is 0. The summed E-state index contributed by atoms with van der Waals surface area (Å²) in [6.45, 7) is 3.76. The zero-order valence-corrected chi connectivity index (χ0v) is 12.6. The molecule has 0 saturated carbocycles. The van der Waals surface area contributed by atoms with E-state index < -0.39 is 0 Å². The molecule has 0 amide bonds.